The van der Waals surface area contributed by atoms with Crippen molar-refractivity contribution in [2.45, 2.75) is 59.0 Å². The number of hydrogen-bond donors (Lipinski definition) is 1. The van der Waals surface area contributed by atoms with Crippen molar-refractivity contribution in [2.75, 3.05) is 25.6 Å². The van der Waals surface area contributed by atoms with Crippen LogP contribution in [0.3, 0.4) is 0 Å². The second-order valence-electron chi connectivity index (χ2n) is 7.97. The van der Waals surface area contributed by atoms with E-state index in [2.05, 4.69) is 12.2 Å². The molecule has 0 radical (unpaired) electrons. The first-order valence-electron chi connectivity index (χ1n) is 10.1. The number of esters is 1. The van der Waals surface area contributed by atoms with Gasteiger partial charge in [0.15, 0.2) is 0 Å². The zero-order valence-corrected chi connectivity index (χ0v) is 17.7. The summed E-state index contributed by atoms with van der Waals surface area (Å²) in [5.74, 6) is 0.740. The maximum atomic E-state index is 13.0. The van der Waals surface area contributed by atoms with E-state index < -0.39 is 11.6 Å². The van der Waals surface area contributed by atoms with Crippen LogP contribution in [-0.4, -0.2) is 37.8 Å². The van der Waals surface area contributed by atoms with Crippen molar-refractivity contribution in [1.82, 2.24) is 0 Å². The van der Waals surface area contributed by atoms with Crippen molar-refractivity contribution < 1.29 is 23.8 Å². The van der Waals surface area contributed by atoms with Crippen LogP contribution in [0.1, 0.15) is 63.7 Å². The highest BCUT2D eigenvalue weighted by atomic mass is 16.5. The quantitative estimate of drug-likeness (QED) is 0.664. The van der Waals surface area contributed by atoms with E-state index in [0.29, 0.717) is 48.3 Å². The Hall–Kier alpha value is -2.08. The molecular weight excluding hydrogens is 358 g/mol. The van der Waals surface area contributed by atoms with Crippen molar-refractivity contribution in [2.24, 2.45) is 11.8 Å². The van der Waals surface area contributed by atoms with Crippen LogP contribution in [-0.2, 0) is 14.3 Å². The van der Waals surface area contributed by atoms with E-state index in [1.807, 2.05) is 13.8 Å². The number of rotatable bonds is 8. The van der Waals surface area contributed by atoms with Gasteiger partial charge in [0.25, 0.3) is 5.91 Å². The summed E-state index contributed by atoms with van der Waals surface area (Å²) in [4.78, 5) is 25.3. The summed E-state index contributed by atoms with van der Waals surface area (Å²) >= 11 is 0. The topological polar surface area (TPSA) is 73.9 Å². The molecule has 0 spiro atoms. The Morgan fingerprint density at radius 2 is 1.93 bits per heavy atom. The summed E-state index contributed by atoms with van der Waals surface area (Å²) in [5.41, 5.74) is 0.0210. The fourth-order valence-electron chi connectivity index (χ4n) is 3.36. The highest BCUT2D eigenvalue weighted by Crippen LogP contribution is 2.35. The number of nitrogens with one attached hydrogen (secondary N) is 1. The summed E-state index contributed by atoms with van der Waals surface area (Å²) in [6.07, 6.45) is 3.29. The van der Waals surface area contributed by atoms with Crippen molar-refractivity contribution in [3.63, 3.8) is 0 Å². The molecule has 1 amide bonds. The fourth-order valence-corrected chi connectivity index (χ4v) is 3.36. The van der Waals surface area contributed by atoms with Crippen LogP contribution in [0.2, 0.25) is 0 Å². The predicted molar refractivity (Wildman–Crippen MR) is 109 cm³/mol. The Kier molecular flexibility index (Phi) is 7.87. The number of anilines is 1. The average molecular weight is 392 g/mol. The SMILES string of the molecule is CCOC(=O)c1cc(NC(=O)C2(OC)CCC(C)CC2)ccc1OCC(C)C. The molecule has 6 heteroatoms. The number of ether oxygens (including phenoxy) is 3. The van der Waals surface area contributed by atoms with Crippen LogP contribution < -0.4 is 10.1 Å². The molecule has 0 aromatic heterocycles. The van der Waals surface area contributed by atoms with Gasteiger partial charge in [0.05, 0.1) is 13.2 Å². The standard InChI is InChI=1S/C22H33NO5/c1-6-27-20(24)18-13-17(7-8-19(18)28-14-15(2)3)23-21(25)22(26-5)11-9-16(4)10-12-22/h7-8,13,15-16H,6,9-12,14H2,1-5H3,(H,23,25). The van der Waals surface area contributed by atoms with E-state index in [4.69, 9.17) is 14.2 Å². The lowest BCUT2D eigenvalue weighted by Crippen LogP contribution is -2.47. The van der Waals surface area contributed by atoms with Crippen LogP contribution in [0.15, 0.2) is 18.2 Å². The number of carbonyl (C=O) groups is 2. The molecule has 0 heterocycles. The lowest BCUT2D eigenvalue weighted by Gasteiger charge is -2.36. The second-order valence-corrected chi connectivity index (χ2v) is 7.97. The Morgan fingerprint density at radius 3 is 2.50 bits per heavy atom. The normalized spacial score (nSPS) is 22.0. The molecule has 156 valence electrons. The van der Waals surface area contributed by atoms with Gasteiger partial charge in [0.2, 0.25) is 0 Å². The van der Waals surface area contributed by atoms with E-state index in [9.17, 15) is 9.59 Å². The first-order chi connectivity index (χ1) is 13.3. The smallest absolute Gasteiger partial charge is 0.341 e. The molecule has 0 saturated heterocycles. The first-order valence-corrected chi connectivity index (χ1v) is 10.1. The largest absolute Gasteiger partial charge is 0.492 e. The highest BCUT2D eigenvalue weighted by molar-refractivity contribution is 5.99. The minimum Gasteiger partial charge on any atom is -0.492 e. The molecule has 0 atom stereocenters. The predicted octanol–water partition coefficient (Wildman–Crippen LogP) is 4.43. The lowest BCUT2D eigenvalue weighted by molar-refractivity contribution is -0.142. The maximum Gasteiger partial charge on any atom is 0.341 e. The van der Waals surface area contributed by atoms with E-state index in [1.165, 1.54) is 0 Å². The minimum atomic E-state index is -0.816. The van der Waals surface area contributed by atoms with E-state index in [-0.39, 0.29) is 12.5 Å². The third-order valence-corrected chi connectivity index (χ3v) is 5.19. The van der Waals surface area contributed by atoms with Crippen molar-refractivity contribution >= 4 is 17.6 Å². The minimum absolute atomic E-state index is 0.174. The monoisotopic (exact) mass is 391 g/mol. The summed E-state index contributed by atoms with van der Waals surface area (Å²) in [5, 5.41) is 2.92. The lowest BCUT2D eigenvalue weighted by atomic mass is 9.79. The van der Waals surface area contributed by atoms with Gasteiger partial charge < -0.3 is 19.5 Å². The highest BCUT2D eigenvalue weighted by Gasteiger charge is 2.41. The third kappa shape index (κ3) is 5.47. The van der Waals surface area contributed by atoms with Crippen LogP contribution in [0, 0.1) is 11.8 Å². The van der Waals surface area contributed by atoms with Crippen LogP contribution >= 0.6 is 0 Å². The molecule has 1 N–H and O–H groups in total. The van der Waals surface area contributed by atoms with Gasteiger partial charge in [0, 0.05) is 12.8 Å². The van der Waals surface area contributed by atoms with Gasteiger partial charge in [-0.05, 0) is 62.6 Å². The Labute approximate surface area is 167 Å². The van der Waals surface area contributed by atoms with Gasteiger partial charge in [0.1, 0.15) is 16.9 Å². The summed E-state index contributed by atoms with van der Waals surface area (Å²) in [7, 11) is 1.59. The molecule has 1 aliphatic carbocycles. The van der Waals surface area contributed by atoms with E-state index in [1.54, 1.807) is 32.2 Å². The van der Waals surface area contributed by atoms with Crippen molar-refractivity contribution in [3.05, 3.63) is 23.8 Å². The van der Waals surface area contributed by atoms with Crippen molar-refractivity contribution in [3.8, 4) is 5.75 Å². The number of amides is 1. The van der Waals surface area contributed by atoms with Crippen LogP contribution in [0.5, 0.6) is 5.75 Å². The molecule has 1 saturated carbocycles. The number of carbonyl (C=O) groups excluding carboxylic acids is 2. The van der Waals surface area contributed by atoms with Crippen molar-refractivity contribution in [1.29, 1.82) is 0 Å². The maximum absolute atomic E-state index is 13.0. The number of benzene rings is 1. The average Bonchev–Trinajstić information content (AvgIpc) is 2.67. The summed E-state index contributed by atoms with van der Waals surface area (Å²) < 4.78 is 16.5. The molecule has 6 nitrogen and oxygen atoms in total. The molecule has 0 aliphatic heterocycles. The van der Waals surface area contributed by atoms with Gasteiger partial charge in [-0.25, -0.2) is 4.79 Å². The van der Waals surface area contributed by atoms with Crippen LogP contribution in [0.4, 0.5) is 5.69 Å². The number of methoxy groups -OCH3 is 1. The summed E-state index contributed by atoms with van der Waals surface area (Å²) in [6.45, 7) is 8.78. The second kappa shape index (κ2) is 9.92. The Balaban J connectivity index is 2.21. The molecule has 1 aromatic carbocycles. The van der Waals surface area contributed by atoms with E-state index >= 15 is 0 Å². The zero-order chi connectivity index (χ0) is 20.7. The van der Waals surface area contributed by atoms with Crippen LogP contribution in [0.25, 0.3) is 0 Å². The Morgan fingerprint density at radius 1 is 1.25 bits per heavy atom. The summed E-state index contributed by atoms with van der Waals surface area (Å²) in [6, 6.07) is 5.05. The Bertz CT molecular complexity index is 678. The van der Waals surface area contributed by atoms with Gasteiger partial charge in [-0.15, -0.1) is 0 Å². The van der Waals surface area contributed by atoms with Gasteiger partial charge >= 0.3 is 5.97 Å². The third-order valence-electron chi connectivity index (χ3n) is 5.19. The molecule has 0 unspecified atom stereocenters. The molecular formula is C22H33NO5. The van der Waals surface area contributed by atoms with Gasteiger partial charge in [-0.1, -0.05) is 20.8 Å². The molecule has 1 fully saturated rings. The fraction of sp³-hybridized carbons (Fsp3) is 0.636. The molecule has 2 rings (SSSR count). The molecule has 28 heavy (non-hydrogen) atoms. The van der Waals surface area contributed by atoms with Gasteiger partial charge in [-0.3, -0.25) is 4.79 Å². The zero-order valence-electron chi connectivity index (χ0n) is 17.7. The first kappa shape index (κ1) is 22.2. The molecule has 0 bridgehead atoms. The molecule has 1 aromatic rings. The number of hydrogen-bond acceptors (Lipinski definition) is 5. The van der Waals surface area contributed by atoms with E-state index in [0.717, 1.165) is 12.8 Å². The molecule has 1 aliphatic rings. The van der Waals surface area contributed by atoms with Gasteiger partial charge in [-0.2, -0.15) is 0 Å².